The van der Waals surface area contributed by atoms with Gasteiger partial charge in [0, 0.05) is 29.9 Å². The largest absolute Gasteiger partial charge is 0.323 e. The van der Waals surface area contributed by atoms with Crippen molar-refractivity contribution >= 4 is 27.0 Å². The van der Waals surface area contributed by atoms with Gasteiger partial charge >= 0.3 is 0 Å². The molecular formula is C24H19N5O2S. The first kappa shape index (κ1) is 19.9. The lowest BCUT2D eigenvalue weighted by Gasteiger charge is -2.08. The van der Waals surface area contributed by atoms with Crippen molar-refractivity contribution in [3.8, 4) is 22.4 Å². The third-order valence-electron chi connectivity index (χ3n) is 5.11. The van der Waals surface area contributed by atoms with Gasteiger partial charge in [0.05, 0.1) is 22.3 Å². The van der Waals surface area contributed by atoms with Crippen LogP contribution in [-0.4, -0.2) is 34.3 Å². The molecule has 0 radical (unpaired) electrons. The summed E-state index contributed by atoms with van der Waals surface area (Å²) in [6.45, 7) is 0. The summed E-state index contributed by atoms with van der Waals surface area (Å²) in [5.74, 6) is 0.455. The van der Waals surface area contributed by atoms with Crippen LogP contribution in [0, 0.1) is 0 Å². The van der Waals surface area contributed by atoms with Gasteiger partial charge < -0.3 is 5.32 Å². The zero-order chi connectivity index (χ0) is 22.1. The first-order chi connectivity index (χ1) is 15.5. The molecule has 3 aromatic heterocycles. The summed E-state index contributed by atoms with van der Waals surface area (Å²) in [7, 11) is -3.24. The predicted octanol–water partition coefficient (Wildman–Crippen LogP) is 4.61. The van der Waals surface area contributed by atoms with Gasteiger partial charge in [0.1, 0.15) is 0 Å². The van der Waals surface area contributed by atoms with Gasteiger partial charge in [-0.2, -0.15) is 0 Å². The maximum absolute atomic E-state index is 11.7. The molecule has 2 aromatic carbocycles. The van der Waals surface area contributed by atoms with E-state index in [1.165, 1.54) is 6.26 Å². The molecule has 0 saturated heterocycles. The van der Waals surface area contributed by atoms with Gasteiger partial charge in [0.15, 0.2) is 9.84 Å². The Morgan fingerprint density at radius 2 is 1.56 bits per heavy atom. The van der Waals surface area contributed by atoms with E-state index >= 15 is 0 Å². The number of nitrogens with zero attached hydrogens (tertiary/aromatic N) is 4. The SMILES string of the molecule is CS(=O)(=O)c1ccc(-c2ccc3cnc(Nc4ccc(-c5cccnc5)cc4)nn23)cc1. The van der Waals surface area contributed by atoms with Crippen LogP contribution in [-0.2, 0) is 9.84 Å². The van der Waals surface area contributed by atoms with E-state index in [-0.39, 0.29) is 4.90 Å². The highest BCUT2D eigenvalue weighted by atomic mass is 32.2. The van der Waals surface area contributed by atoms with Gasteiger partial charge in [-0.1, -0.05) is 30.3 Å². The van der Waals surface area contributed by atoms with Crippen LogP contribution in [0.25, 0.3) is 27.9 Å². The van der Waals surface area contributed by atoms with Crippen molar-refractivity contribution in [1.29, 1.82) is 0 Å². The van der Waals surface area contributed by atoms with Crippen LogP contribution in [0.2, 0.25) is 0 Å². The van der Waals surface area contributed by atoms with Crippen LogP contribution in [0.3, 0.4) is 0 Å². The summed E-state index contributed by atoms with van der Waals surface area (Å²) < 4.78 is 25.2. The summed E-state index contributed by atoms with van der Waals surface area (Å²) in [6, 6.07) is 22.5. The lowest BCUT2D eigenvalue weighted by molar-refractivity contribution is 0.602. The van der Waals surface area contributed by atoms with Crippen LogP contribution in [0.15, 0.2) is 96.3 Å². The molecule has 3 heterocycles. The molecule has 8 heteroatoms. The molecule has 0 amide bonds. The molecule has 0 spiro atoms. The zero-order valence-electron chi connectivity index (χ0n) is 17.2. The molecule has 5 aromatic rings. The van der Waals surface area contributed by atoms with Crippen molar-refractivity contribution in [3.63, 3.8) is 0 Å². The maximum atomic E-state index is 11.7. The van der Waals surface area contributed by atoms with E-state index in [2.05, 4.69) is 20.4 Å². The van der Waals surface area contributed by atoms with Gasteiger partial charge in [-0.05, 0) is 53.6 Å². The molecule has 0 bridgehead atoms. The fourth-order valence-corrected chi connectivity index (χ4v) is 4.09. The molecule has 7 nitrogen and oxygen atoms in total. The Labute approximate surface area is 185 Å². The number of aromatic nitrogens is 4. The number of benzene rings is 2. The van der Waals surface area contributed by atoms with E-state index in [0.717, 1.165) is 33.6 Å². The fourth-order valence-electron chi connectivity index (χ4n) is 3.46. The second kappa shape index (κ2) is 7.90. The van der Waals surface area contributed by atoms with Gasteiger partial charge in [0.25, 0.3) is 0 Å². The van der Waals surface area contributed by atoms with Crippen LogP contribution < -0.4 is 5.32 Å². The first-order valence-electron chi connectivity index (χ1n) is 9.90. The smallest absolute Gasteiger partial charge is 0.245 e. The van der Waals surface area contributed by atoms with Crippen LogP contribution in [0.1, 0.15) is 0 Å². The highest BCUT2D eigenvalue weighted by Gasteiger charge is 2.11. The molecule has 0 aliphatic heterocycles. The van der Waals surface area contributed by atoms with E-state index in [1.807, 2.05) is 54.7 Å². The van der Waals surface area contributed by atoms with Crippen LogP contribution >= 0.6 is 0 Å². The van der Waals surface area contributed by atoms with E-state index in [0.29, 0.717) is 5.95 Å². The normalized spacial score (nSPS) is 11.5. The second-order valence-electron chi connectivity index (χ2n) is 7.38. The lowest BCUT2D eigenvalue weighted by atomic mass is 10.1. The van der Waals surface area contributed by atoms with E-state index in [1.54, 1.807) is 41.2 Å². The average Bonchev–Trinajstić information content (AvgIpc) is 3.23. The summed E-state index contributed by atoms with van der Waals surface area (Å²) in [6.07, 6.45) is 6.52. The number of nitrogens with one attached hydrogen (secondary N) is 1. The molecule has 0 unspecified atom stereocenters. The number of sulfone groups is 1. The standard InChI is InChI=1S/C24H19N5O2S/c1-32(30,31)22-11-6-18(7-12-22)23-13-10-21-16-26-24(28-29(21)23)27-20-8-4-17(5-9-20)19-3-2-14-25-15-19/h2-16H,1H3,(H,27,28). The zero-order valence-corrected chi connectivity index (χ0v) is 18.0. The molecule has 0 aliphatic carbocycles. The topological polar surface area (TPSA) is 89.2 Å². The number of anilines is 2. The Bertz CT molecular complexity index is 1490. The van der Waals surface area contributed by atoms with Crippen molar-refractivity contribution in [2.24, 2.45) is 0 Å². The predicted molar refractivity (Wildman–Crippen MR) is 124 cm³/mol. The molecule has 0 fully saturated rings. The molecule has 5 rings (SSSR count). The van der Waals surface area contributed by atoms with Crippen molar-refractivity contribution in [2.75, 3.05) is 11.6 Å². The quantitative estimate of drug-likeness (QED) is 0.429. The minimum Gasteiger partial charge on any atom is -0.323 e. The second-order valence-corrected chi connectivity index (χ2v) is 9.39. The molecular weight excluding hydrogens is 422 g/mol. The Morgan fingerprint density at radius 1 is 0.812 bits per heavy atom. The summed E-state index contributed by atoms with van der Waals surface area (Å²) in [4.78, 5) is 8.85. The third-order valence-corrected chi connectivity index (χ3v) is 6.24. The molecule has 32 heavy (non-hydrogen) atoms. The Kier molecular flexibility index (Phi) is 4.91. The van der Waals surface area contributed by atoms with E-state index in [9.17, 15) is 8.42 Å². The van der Waals surface area contributed by atoms with Gasteiger partial charge in [0.2, 0.25) is 5.95 Å². The minimum atomic E-state index is -3.24. The number of hydrogen-bond donors (Lipinski definition) is 1. The molecule has 0 atom stereocenters. The highest BCUT2D eigenvalue weighted by Crippen LogP contribution is 2.25. The van der Waals surface area contributed by atoms with E-state index < -0.39 is 9.84 Å². The minimum absolute atomic E-state index is 0.286. The molecule has 0 aliphatic rings. The van der Waals surface area contributed by atoms with Crippen molar-refractivity contribution in [2.45, 2.75) is 4.90 Å². The van der Waals surface area contributed by atoms with E-state index in [4.69, 9.17) is 0 Å². The summed E-state index contributed by atoms with van der Waals surface area (Å²) in [5, 5.41) is 7.86. The third kappa shape index (κ3) is 3.95. The summed E-state index contributed by atoms with van der Waals surface area (Å²) in [5.41, 5.74) is 5.54. The Hall–Kier alpha value is -4.04. The average molecular weight is 442 g/mol. The van der Waals surface area contributed by atoms with Crippen molar-refractivity contribution in [3.05, 3.63) is 91.4 Å². The number of rotatable bonds is 5. The highest BCUT2D eigenvalue weighted by molar-refractivity contribution is 7.90. The monoisotopic (exact) mass is 441 g/mol. The lowest BCUT2D eigenvalue weighted by Crippen LogP contribution is -2.03. The first-order valence-corrected chi connectivity index (χ1v) is 11.8. The number of pyridine rings is 1. The van der Waals surface area contributed by atoms with Gasteiger partial charge in [-0.3, -0.25) is 4.98 Å². The Balaban J connectivity index is 1.42. The molecule has 158 valence electrons. The molecule has 1 N–H and O–H groups in total. The van der Waals surface area contributed by atoms with Gasteiger partial charge in [-0.25, -0.2) is 17.9 Å². The van der Waals surface area contributed by atoms with Gasteiger partial charge in [-0.15, -0.1) is 5.10 Å². The van der Waals surface area contributed by atoms with Crippen LogP contribution in [0.5, 0.6) is 0 Å². The fraction of sp³-hybridized carbons (Fsp3) is 0.0417. The van der Waals surface area contributed by atoms with Crippen LogP contribution in [0.4, 0.5) is 11.6 Å². The summed E-state index contributed by atoms with van der Waals surface area (Å²) >= 11 is 0. The number of fused-ring (bicyclic) bond motifs is 1. The maximum Gasteiger partial charge on any atom is 0.245 e. The molecule has 0 saturated carbocycles. The van der Waals surface area contributed by atoms with Crippen molar-refractivity contribution < 1.29 is 8.42 Å². The van der Waals surface area contributed by atoms with Crippen molar-refractivity contribution in [1.82, 2.24) is 19.6 Å². The number of hydrogen-bond acceptors (Lipinski definition) is 6. The Morgan fingerprint density at radius 3 is 2.25 bits per heavy atom.